The van der Waals surface area contributed by atoms with Crippen molar-refractivity contribution in [3.05, 3.63) is 52.7 Å². The number of aromatic nitrogens is 4. The molecule has 3 rings (SSSR count). The summed E-state index contributed by atoms with van der Waals surface area (Å²) < 4.78 is 1.82. The lowest BCUT2D eigenvalue weighted by atomic mass is 10.0. The first-order chi connectivity index (χ1) is 12.5. The molecule has 0 radical (unpaired) electrons. The molecule has 0 fully saturated rings. The lowest BCUT2D eigenvalue weighted by Gasteiger charge is -2.18. The number of aryl methyl sites for hydroxylation is 4. The first-order valence-corrected chi connectivity index (χ1v) is 9.02. The highest BCUT2D eigenvalue weighted by atomic mass is 16.1. The predicted octanol–water partition coefficient (Wildman–Crippen LogP) is 3.65. The van der Waals surface area contributed by atoms with Crippen molar-refractivity contribution in [1.82, 2.24) is 25.1 Å². The Morgan fingerprint density at radius 2 is 2.00 bits per heavy atom. The van der Waals surface area contributed by atoms with Gasteiger partial charge in [-0.3, -0.25) is 9.78 Å². The standard InChI is InChI=1S/C20H25N5O/c1-6-17(19-21-11-22-25(19)7-2)24-20(26)16-10-13(4)23-18-14(5)12(3)8-9-15(16)18/h8-11,17H,6-7H2,1-5H3,(H,24,26)/t17-/m0/s1. The van der Waals surface area contributed by atoms with Crippen LogP contribution >= 0.6 is 0 Å². The number of carbonyl (C=O) groups is 1. The van der Waals surface area contributed by atoms with Gasteiger partial charge in [-0.05, 0) is 51.3 Å². The lowest BCUT2D eigenvalue weighted by molar-refractivity contribution is 0.0934. The lowest BCUT2D eigenvalue weighted by Crippen LogP contribution is -2.30. The molecule has 1 amide bonds. The van der Waals surface area contributed by atoms with E-state index in [0.717, 1.165) is 41.0 Å². The molecule has 0 saturated heterocycles. The quantitative estimate of drug-likeness (QED) is 0.761. The molecular weight excluding hydrogens is 326 g/mol. The summed E-state index contributed by atoms with van der Waals surface area (Å²) >= 11 is 0. The van der Waals surface area contributed by atoms with Gasteiger partial charge in [-0.25, -0.2) is 9.67 Å². The second-order valence-corrected chi connectivity index (χ2v) is 6.58. The predicted molar refractivity (Wildman–Crippen MR) is 102 cm³/mol. The van der Waals surface area contributed by atoms with Gasteiger partial charge >= 0.3 is 0 Å². The van der Waals surface area contributed by atoms with Crippen molar-refractivity contribution in [1.29, 1.82) is 0 Å². The summed E-state index contributed by atoms with van der Waals surface area (Å²) in [6.45, 7) is 10.8. The van der Waals surface area contributed by atoms with Gasteiger partial charge in [0.05, 0.1) is 17.1 Å². The molecule has 6 heteroatoms. The third kappa shape index (κ3) is 3.19. The van der Waals surface area contributed by atoms with E-state index in [2.05, 4.69) is 27.3 Å². The fraction of sp³-hybridized carbons (Fsp3) is 0.400. The largest absolute Gasteiger partial charge is 0.342 e. The highest BCUT2D eigenvalue weighted by Crippen LogP contribution is 2.25. The molecule has 0 saturated carbocycles. The van der Waals surface area contributed by atoms with Crippen LogP contribution in [-0.4, -0.2) is 25.7 Å². The minimum Gasteiger partial charge on any atom is -0.342 e. The molecule has 0 unspecified atom stereocenters. The fourth-order valence-corrected chi connectivity index (χ4v) is 3.22. The van der Waals surface area contributed by atoms with E-state index in [-0.39, 0.29) is 11.9 Å². The van der Waals surface area contributed by atoms with Crippen LogP contribution in [0.25, 0.3) is 10.9 Å². The van der Waals surface area contributed by atoms with Crippen LogP contribution in [0.1, 0.15) is 59.3 Å². The van der Waals surface area contributed by atoms with Crippen LogP contribution in [0, 0.1) is 20.8 Å². The molecule has 3 aromatic rings. The topological polar surface area (TPSA) is 72.7 Å². The molecule has 26 heavy (non-hydrogen) atoms. The Hall–Kier alpha value is -2.76. The van der Waals surface area contributed by atoms with Crippen LogP contribution in [0.3, 0.4) is 0 Å². The summed E-state index contributed by atoms with van der Waals surface area (Å²) in [6, 6.07) is 5.69. The monoisotopic (exact) mass is 351 g/mol. The van der Waals surface area contributed by atoms with Crippen molar-refractivity contribution >= 4 is 16.8 Å². The van der Waals surface area contributed by atoms with Crippen LogP contribution in [0.2, 0.25) is 0 Å². The number of nitrogens with one attached hydrogen (secondary N) is 1. The number of benzene rings is 1. The minimum absolute atomic E-state index is 0.110. The summed E-state index contributed by atoms with van der Waals surface area (Å²) in [5.74, 6) is 0.673. The SMILES string of the molecule is CC[C@H](NC(=O)c1cc(C)nc2c(C)c(C)ccc12)c1ncnn1CC. The molecule has 0 aliphatic rings. The minimum atomic E-state index is -0.181. The van der Waals surface area contributed by atoms with E-state index in [4.69, 9.17) is 0 Å². The molecule has 1 atom stereocenters. The highest BCUT2D eigenvalue weighted by molar-refractivity contribution is 6.07. The number of rotatable bonds is 5. The third-order valence-corrected chi connectivity index (χ3v) is 4.85. The second kappa shape index (κ2) is 7.23. The van der Waals surface area contributed by atoms with E-state index in [1.54, 1.807) is 0 Å². The van der Waals surface area contributed by atoms with Crippen molar-refractivity contribution in [2.24, 2.45) is 0 Å². The molecule has 0 bridgehead atoms. The van der Waals surface area contributed by atoms with Crippen LogP contribution in [-0.2, 0) is 6.54 Å². The molecule has 0 aliphatic heterocycles. The van der Waals surface area contributed by atoms with Gasteiger partial charge in [-0.1, -0.05) is 19.1 Å². The zero-order valence-electron chi connectivity index (χ0n) is 16.0. The molecule has 6 nitrogen and oxygen atoms in total. The normalized spacial score (nSPS) is 12.3. The van der Waals surface area contributed by atoms with Crippen LogP contribution < -0.4 is 5.32 Å². The van der Waals surface area contributed by atoms with E-state index in [1.165, 1.54) is 11.9 Å². The Labute approximate surface area is 153 Å². The van der Waals surface area contributed by atoms with E-state index in [0.29, 0.717) is 5.56 Å². The van der Waals surface area contributed by atoms with Gasteiger partial charge in [0.15, 0.2) is 0 Å². The van der Waals surface area contributed by atoms with Crippen molar-refractivity contribution in [3.8, 4) is 0 Å². The maximum absolute atomic E-state index is 13.1. The molecular formula is C20H25N5O. The van der Waals surface area contributed by atoms with E-state index in [9.17, 15) is 4.79 Å². The van der Waals surface area contributed by atoms with Gasteiger partial charge in [-0.2, -0.15) is 5.10 Å². The number of pyridine rings is 1. The molecule has 2 heterocycles. The third-order valence-electron chi connectivity index (χ3n) is 4.85. The van der Waals surface area contributed by atoms with E-state index in [1.807, 2.05) is 50.6 Å². The number of hydrogen-bond donors (Lipinski definition) is 1. The fourth-order valence-electron chi connectivity index (χ4n) is 3.22. The number of amides is 1. The molecule has 0 aliphatic carbocycles. The van der Waals surface area contributed by atoms with Gasteiger partial charge in [0.25, 0.3) is 5.91 Å². The average molecular weight is 351 g/mol. The number of hydrogen-bond acceptors (Lipinski definition) is 4. The Kier molecular flexibility index (Phi) is 5.02. The van der Waals surface area contributed by atoms with Gasteiger partial charge < -0.3 is 5.32 Å². The Bertz CT molecular complexity index is 960. The number of nitrogens with zero attached hydrogens (tertiary/aromatic N) is 4. The van der Waals surface area contributed by atoms with Crippen molar-refractivity contribution < 1.29 is 4.79 Å². The first kappa shape index (κ1) is 18.0. The number of fused-ring (bicyclic) bond motifs is 1. The summed E-state index contributed by atoms with van der Waals surface area (Å²) in [6.07, 6.45) is 2.27. The van der Waals surface area contributed by atoms with Gasteiger partial charge in [0, 0.05) is 17.6 Å². The van der Waals surface area contributed by atoms with Crippen molar-refractivity contribution in [2.45, 2.75) is 53.6 Å². The highest BCUT2D eigenvalue weighted by Gasteiger charge is 2.21. The zero-order chi connectivity index (χ0) is 18.8. The molecule has 0 spiro atoms. The van der Waals surface area contributed by atoms with Crippen LogP contribution in [0.15, 0.2) is 24.5 Å². The van der Waals surface area contributed by atoms with Gasteiger partial charge in [-0.15, -0.1) is 0 Å². The maximum Gasteiger partial charge on any atom is 0.252 e. The summed E-state index contributed by atoms with van der Waals surface area (Å²) in [4.78, 5) is 22.1. The molecule has 1 aromatic carbocycles. The second-order valence-electron chi connectivity index (χ2n) is 6.58. The van der Waals surface area contributed by atoms with Gasteiger partial charge in [0.2, 0.25) is 0 Å². The Balaban J connectivity index is 2.01. The van der Waals surface area contributed by atoms with Gasteiger partial charge in [0.1, 0.15) is 12.2 Å². The zero-order valence-corrected chi connectivity index (χ0v) is 16.0. The van der Waals surface area contributed by atoms with E-state index >= 15 is 0 Å². The first-order valence-electron chi connectivity index (χ1n) is 9.02. The Morgan fingerprint density at radius 3 is 2.69 bits per heavy atom. The van der Waals surface area contributed by atoms with Crippen LogP contribution in [0.4, 0.5) is 0 Å². The summed E-state index contributed by atoms with van der Waals surface area (Å²) in [5, 5.41) is 8.21. The van der Waals surface area contributed by atoms with Crippen molar-refractivity contribution in [3.63, 3.8) is 0 Å². The van der Waals surface area contributed by atoms with Crippen LogP contribution in [0.5, 0.6) is 0 Å². The van der Waals surface area contributed by atoms with E-state index < -0.39 is 0 Å². The van der Waals surface area contributed by atoms with Crippen molar-refractivity contribution in [2.75, 3.05) is 0 Å². The average Bonchev–Trinajstić information content (AvgIpc) is 3.11. The summed E-state index contributed by atoms with van der Waals surface area (Å²) in [7, 11) is 0. The molecule has 1 N–H and O–H groups in total. The number of carbonyl (C=O) groups excluding carboxylic acids is 1. The maximum atomic E-state index is 13.1. The Morgan fingerprint density at radius 1 is 1.23 bits per heavy atom. The molecule has 136 valence electrons. The summed E-state index contributed by atoms with van der Waals surface area (Å²) in [5.41, 5.74) is 4.65. The smallest absolute Gasteiger partial charge is 0.252 e. The molecule has 2 aromatic heterocycles.